The highest BCUT2D eigenvalue weighted by molar-refractivity contribution is 7.99. The summed E-state index contributed by atoms with van der Waals surface area (Å²) in [4.78, 5) is 17.9. The van der Waals surface area contributed by atoms with Crippen LogP contribution in [0.1, 0.15) is 43.3 Å². The number of aromatic nitrogens is 2. The lowest BCUT2D eigenvalue weighted by Gasteiger charge is -2.16. The minimum Gasteiger partial charge on any atom is -0.497 e. The molecule has 0 amide bonds. The van der Waals surface area contributed by atoms with Gasteiger partial charge in [-0.2, -0.15) is 0 Å². The number of benzene rings is 2. The molecule has 0 bridgehead atoms. The highest BCUT2D eigenvalue weighted by Crippen LogP contribution is 2.39. The Morgan fingerprint density at radius 3 is 2.61 bits per heavy atom. The third-order valence-electron chi connectivity index (χ3n) is 5.45. The number of carboxylic acid groups (broad SMARTS) is 1. The van der Waals surface area contributed by atoms with Crippen LogP contribution in [0.25, 0.3) is 0 Å². The molecule has 2 aromatic carbocycles. The molecule has 0 spiro atoms. The van der Waals surface area contributed by atoms with Crippen LogP contribution in [0.15, 0.2) is 46.3 Å². The summed E-state index contributed by atoms with van der Waals surface area (Å²) in [5.74, 6) is 1.16. The van der Waals surface area contributed by atoms with Crippen LogP contribution >= 0.6 is 23.4 Å². The smallest absolute Gasteiger partial charge is 0.312 e. The van der Waals surface area contributed by atoms with Crippen molar-refractivity contribution >= 4 is 29.3 Å². The molecule has 33 heavy (non-hydrogen) atoms. The fourth-order valence-corrected chi connectivity index (χ4v) is 4.95. The molecule has 0 fully saturated rings. The van der Waals surface area contributed by atoms with Gasteiger partial charge in [0.2, 0.25) is 6.79 Å². The second-order valence-corrected chi connectivity index (χ2v) is 9.16. The molecule has 0 saturated carbocycles. The summed E-state index contributed by atoms with van der Waals surface area (Å²) in [6.45, 7) is 4.30. The van der Waals surface area contributed by atoms with Gasteiger partial charge in [-0.3, -0.25) is 4.79 Å². The van der Waals surface area contributed by atoms with Gasteiger partial charge >= 0.3 is 5.97 Å². The Balaban J connectivity index is 1.78. The van der Waals surface area contributed by atoms with Crippen LogP contribution in [-0.2, 0) is 17.8 Å². The lowest BCUT2D eigenvalue weighted by Crippen LogP contribution is -2.16. The van der Waals surface area contributed by atoms with E-state index in [4.69, 9.17) is 30.8 Å². The maximum absolute atomic E-state index is 12.1. The topological polar surface area (TPSA) is 82.8 Å². The van der Waals surface area contributed by atoms with E-state index in [-0.39, 0.29) is 6.79 Å². The van der Waals surface area contributed by atoms with E-state index >= 15 is 0 Å². The van der Waals surface area contributed by atoms with Crippen molar-refractivity contribution in [2.45, 2.75) is 49.1 Å². The quantitative estimate of drug-likeness (QED) is 0.419. The number of rotatable bonds is 9. The second kappa shape index (κ2) is 9.97. The summed E-state index contributed by atoms with van der Waals surface area (Å²) in [6, 6.07) is 11.2. The Kier molecular flexibility index (Phi) is 7.05. The number of nitrogens with zero attached hydrogens (tertiary/aromatic N) is 2. The molecule has 2 heterocycles. The molecule has 174 valence electrons. The van der Waals surface area contributed by atoms with Crippen molar-refractivity contribution in [2.24, 2.45) is 0 Å². The molecule has 1 aromatic heterocycles. The van der Waals surface area contributed by atoms with Gasteiger partial charge in [-0.05, 0) is 49.2 Å². The van der Waals surface area contributed by atoms with Gasteiger partial charge < -0.3 is 23.9 Å². The molecule has 4 rings (SSSR count). The molecular weight excluding hydrogens is 464 g/mol. The molecule has 0 radical (unpaired) electrons. The Morgan fingerprint density at radius 2 is 1.97 bits per heavy atom. The number of methoxy groups -OCH3 is 1. The first-order chi connectivity index (χ1) is 15.9. The van der Waals surface area contributed by atoms with Crippen molar-refractivity contribution < 1.29 is 24.1 Å². The van der Waals surface area contributed by atoms with E-state index < -0.39 is 11.9 Å². The maximum Gasteiger partial charge on any atom is 0.312 e. The van der Waals surface area contributed by atoms with Crippen molar-refractivity contribution in [1.82, 2.24) is 9.55 Å². The van der Waals surface area contributed by atoms with Crippen LogP contribution in [0.4, 0.5) is 0 Å². The molecule has 1 N–H and O–H groups in total. The van der Waals surface area contributed by atoms with E-state index in [1.807, 2.05) is 34.9 Å². The zero-order valence-corrected chi connectivity index (χ0v) is 20.2. The van der Waals surface area contributed by atoms with E-state index in [0.717, 1.165) is 28.5 Å². The summed E-state index contributed by atoms with van der Waals surface area (Å²) in [6.07, 6.45) is 1.59. The third kappa shape index (κ3) is 4.91. The molecule has 0 aliphatic carbocycles. The molecule has 3 aromatic rings. The van der Waals surface area contributed by atoms with Crippen LogP contribution in [0.2, 0.25) is 5.02 Å². The number of halogens is 1. The summed E-state index contributed by atoms with van der Waals surface area (Å²) in [5, 5.41) is 11.1. The fraction of sp³-hybridized carbons (Fsp3) is 0.333. The normalized spacial score (nSPS) is 13.2. The Bertz CT molecular complexity index is 1160. The number of carbonyl (C=O) groups is 1. The zero-order chi connectivity index (χ0) is 23.5. The maximum atomic E-state index is 12.1. The van der Waals surface area contributed by atoms with Gasteiger partial charge in [0, 0.05) is 22.4 Å². The van der Waals surface area contributed by atoms with Crippen molar-refractivity contribution in [1.29, 1.82) is 0 Å². The van der Waals surface area contributed by atoms with Crippen LogP contribution in [-0.4, -0.2) is 34.5 Å². The molecule has 1 unspecified atom stereocenters. The van der Waals surface area contributed by atoms with E-state index in [9.17, 15) is 9.90 Å². The summed E-state index contributed by atoms with van der Waals surface area (Å²) in [7, 11) is 1.62. The molecule has 1 atom stereocenters. The van der Waals surface area contributed by atoms with Crippen LogP contribution in [0.3, 0.4) is 0 Å². The zero-order valence-electron chi connectivity index (χ0n) is 18.6. The average molecular weight is 489 g/mol. The van der Waals surface area contributed by atoms with Gasteiger partial charge in [-0.25, -0.2) is 4.98 Å². The highest BCUT2D eigenvalue weighted by atomic mass is 35.5. The number of hydrogen-bond acceptors (Lipinski definition) is 6. The summed E-state index contributed by atoms with van der Waals surface area (Å²) < 4.78 is 18.1. The van der Waals surface area contributed by atoms with Crippen molar-refractivity contribution in [3.05, 3.63) is 58.5 Å². The van der Waals surface area contributed by atoms with E-state index in [1.165, 1.54) is 11.8 Å². The molecular formula is C24H25ClN2O5S. The van der Waals surface area contributed by atoms with Gasteiger partial charge in [0.15, 0.2) is 11.5 Å². The summed E-state index contributed by atoms with van der Waals surface area (Å²) in [5.41, 5.74) is 1.47. The number of carboxylic acids is 1. The van der Waals surface area contributed by atoms with E-state index in [0.29, 0.717) is 40.2 Å². The molecule has 1 aliphatic rings. The first-order valence-electron chi connectivity index (χ1n) is 10.6. The molecule has 0 saturated heterocycles. The number of fused-ring (bicyclic) bond motifs is 1. The molecule has 1 aliphatic heterocycles. The minimum absolute atomic E-state index is 0.158. The fourth-order valence-electron chi connectivity index (χ4n) is 3.70. The number of imidazole rings is 1. The van der Waals surface area contributed by atoms with Crippen molar-refractivity contribution in [3.63, 3.8) is 0 Å². The van der Waals surface area contributed by atoms with Gasteiger partial charge in [0.05, 0.1) is 25.3 Å². The molecule has 7 nitrogen and oxygen atoms in total. The Morgan fingerprint density at radius 1 is 1.27 bits per heavy atom. The van der Waals surface area contributed by atoms with Crippen molar-refractivity contribution in [2.75, 3.05) is 13.9 Å². The average Bonchev–Trinajstić information content (AvgIpc) is 3.38. The summed E-state index contributed by atoms with van der Waals surface area (Å²) >= 11 is 7.99. The van der Waals surface area contributed by atoms with Crippen molar-refractivity contribution in [3.8, 4) is 17.2 Å². The Labute approximate surface area is 201 Å². The number of ether oxygens (including phenoxy) is 3. The standard InChI is InChI=1S/C24H25ClN2O5S/c1-4-5-21-26-23(33-17-8-6-16(30-3)7-9-17)22(14(2)24(28)29)27(21)12-15-10-19-20(11-18(15)25)32-13-31-19/h6-11,14H,4-5,12-13H2,1-3H3,(H,28,29). The molecule has 9 heteroatoms. The van der Waals surface area contributed by atoms with Crippen LogP contribution in [0, 0.1) is 0 Å². The number of hydrogen-bond donors (Lipinski definition) is 1. The predicted octanol–water partition coefficient (Wildman–Crippen LogP) is 5.61. The Hall–Kier alpha value is -2.84. The highest BCUT2D eigenvalue weighted by Gasteiger charge is 2.28. The van der Waals surface area contributed by atoms with Gasteiger partial charge in [0.1, 0.15) is 16.6 Å². The van der Waals surface area contributed by atoms with Crippen LogP contribution in [0.5, 0.6) is 17.2 Å². The van der Waals surface area contributed by atoms with Gasteiger partial charge in [-0.15, -0.1) is 0 Å². The predicted molar refractivity (Wildman–Crippen MR) is 126 cm³/mol. The van der Waals surface area contributed by atoms with Crippen LogP contribution < -0.4 is 14.2 Å². The van der Waals surface area contributed by atoms with Gasteiger partial charge in [0.25, 0.3) is 0 Å². The second-order valence-electron chi connectivity index (χ2n) is 7.69. The minimum atomic E-state index is -0.910. The van der Waals surface area contributed by atoms with Gasteiger partial charge in [-0.1, -0.05) is 30.3 Å². The largest absolute Gasteiger partial charge is 0.497 e. The first kappa shape index (κ1) is 23.3. The SMILES string of the molecule is CCCc1nc(Sc2ccc(OC)cc2)c(C(C)C(=O)O)n1Cc1cc2c(cc1Cl)OCO2. The lowest BCUT2D eigenvalue weighted by molar-refractivity contribution is -0.138. The third-order valence-corrected chi connectivity index (χ3v) is 6.80. The number of aryl methyl sites for hydroxylation is 1. The first-order valence-corrected chi connectivity index (χ1v) is 11.8. The lowest BCUT2D eigenvalue weighted by atomic mass is 10.1. The van der Waals surface area contributed by atoms with E-state index in [2.05, 4.69) is 6.92 Å². The van der Waals surface area contributed by atoms with E-state index in [1.54, 1.807) is 20.1 Å². The number of aliphatic carboxylic acids is 1. The monoisotopic (exact) mass is 488 g/mol.